The minimum Gasteiger partial charge on any atom is -0.497 e. The zero-order chi connectivity index (χ0) is 21.0. The lowest BCUT2D eigenvalue weighted by Gasteiger charge is -2.34. The summed E-state index contributed by atoms with van der Waals surface area (Å²) in [7, 11) is 1.69. The van der Waals surface area contributed by atoms with Gasteiger partial charge in [0.2, 0.25) is 0 Å². The van der Waals surface area contributed by atoms with Gasteiger partial charge in [-0.3, -0.25) is 14.6 Å². The second-order valence-electron chi connectivity index (χ2n) is 7.21. The van der Waals surface area contributed by atoms with E-state index in [1.165, 1.54) is 5.56 Å². The van der Waals surface area contributed by atoms with Crippen LogP contribution in [0.5, 0.6) is 5.75 Å². The Bertz CT molecular complexity index is 741. The summed E-state index contributed by atoms with van der Waals surface area (Å²) in [5.74, 6) is 1.72. The van der Waals surface area contributed by atoms with Crippen LogP contribution >= 0.6 is 0 Å². The monoisotopic (exact) mass is 414 g/mol. The number of guanidine groups is 1. The maximum atomic E-state index is 5.55. The Hall–Kier alpha value is -2.58. The van der Waals surface area contributed by atoms with E-state index >= 15 is 0 Å². The van der Waals surface area contributed by atoms with Crippen molar-refractivity contribution in [3.63, 3.8) is 0 Å². The first-order valence-corrected chi connectivity index (χ1v) is 10.8. The van der Waals surface area contributed by atoms with Gasteiger partial charge in [0, 0.05) is 45.1 Å². The van der Waals surface area contributed by atoms with E-state index in [2.05, 4.69) is 39.7 Å². The average molecular weight is 415 g/mol. The molecule has 1 aliphatic rings. The van der Waals surface area contributed by atoms with Gasteiger partial charge in [0.05, 0.1) is 32.9 Å². The average Bonchev–Trinajstić information content (AvgIpc) is 3.31. The van der Waals surface area contributed by atoms with Crippen LogP contribution in [0.3, 0.4) is 0 Å². The van der Waals surface area contributed by atoms with Gasteiger partial charge in [0.15, 0.2) is 5.96 Å². The Balaban J connectivity index is 1.62. The normalized spacial score (nSPS) is 16.3. The summed E-state index contributed by atoms with van der Waals surface area (Å²) in [5, 5.41) is 11.0. The molecule has 1 aliphatic heterocycles. The van der Waals surface area contributed by atoms with Crippen LogP contribution in [-0.2, 0) is 11.3 Å². The third kappa shape index (κ3) is 6.74. The van der Waals surface area contributed by atoms with Gasteiger partial charge in [-0.25, -0.2) is 0 Å². The summed E-state index contributed by atoms with van der Waals surface area (Å²) in [4.78, 5) is 7.36. The first-order chi connectivity index (χ1) is 14.8. The Morgan fingerprint density at radius 3 is 2.70 bits per heavy atom. The van der Waals surface area contributed by atoms with E-state index in [1.807, 2.05) is 35.3 Å². The number of nitrogens with one attached hydrogen (secondary N) is 2. The molecule has 8 heteroatoms. The van der Waals surface area contributed by atoms with E-state index in [-0.39, 0.29) is 6.04 Å². The number of aromatic nitrogens is 2. The van der Waals surface area contributed by atoms with Crippen molar-refractivity contribution in [2.45, 2.75) is 25.9 Å². The number of aryl methyl sites for hydroxylation is 1. The number of morpholine rings is 1. The van der Waals surface area contributed by atoms with E-state index < -0.39 is 0 Å². The standard InChI is InChI=1S/C22H34N6O2/c1-3-23-22(24-10-4-12-28-13-5-11-26-28)25-18-21(27-14-16-30-17-15-27)19-6-8-20(29-2)9-7-19/h5-9,11,13,21H,3-4,10,12,14-18H2,1-2H3,(H2,23,24,25). The number of hydrogen-bond acceptors (Lipinski definition) is 5. The molecule has 0 spiro atoms. The third-order valence-electron chi connectivity index (χ3n) is 5.17. The molecule has 0 radical (unpaired) electrons. The molecule has 1 atom stereocenters. The van der Waals surface area contributed by atoms with Crippen molar-refractivity contribution in [1.82, 2.24) is 25.3 Å². The highest BCUT2D eigenvalue weighted by molar-refractivity contribution is 5.79. The maximum Gasteiger partial charge on any atom is 0.191 e. The molecular weight excluding hydrogens is 380 g/mol. The molecular formula is C22H34N6O2. The predicted molar refractivity (Wildman–Crippen MR) is 119 cm³/mol. The Labute approximate surface area is 179 Å². The highest BCUT2D eigenvalue weighted by atomic mass is 16.5. The molecule has 3 rings (SSSR count). The molecule has 0 bridgehead atoms. The molecule has 0 saturated carbocycles. The van der Waals surface area contributed by atoms with Crippen LogP contribution in [0.1, 0.15) is 24.9 Å². The van der Waals surface area contributed by atoms with Crippen LogP contribution in [0.25, 0.3) is 0 Å². The van der Waals surface area contributed by atoms with Crippen LogP contribution < -0.4 is 15.4 Å². The summed E-state index contributed by atoms with van der Waals surface area (Å²) in [6.07, 6.45) is 4.78. The maximum absolute atomic E-state index is 5.55. The number of benzene rings is 1. The van der Waals surface area contributed by atoms with Crippen LogP contribution in [0.4, 0.5) is 0 Å². The van der Waals surface area contributed by atoms with Gasteiger partial charge in [0.1, 0.15) is 5.75 Å². The lowest BCUT2D eigenvalue weighted by molar-refractivity contribution is 0.0179. The lowest BCUT2D eigenvalue weighted by atomic mass is 10.0. The minimum atomic E-state index is 0.208. The number of methoxy groups -OCH3 is 1. The molecule has 1 aromatic carbocycles. The minimum absolute atomic E-state index is 0.208. The second kappa shape index (κ2) is 12.2. The molecule has 8 nitrogen and oxygen atoms in total. The van der Waals surface area contributed by atoms with Gasteiger partial charge in [-0.15, -0.1) is 0 Å². The molecule has 164 valence electrons. The van der Waals surface area contributed by atoms with Crippen molar-refractivity contribution in [1.29, 1.82) is 0 Å². The fourth-order valence-corrected chi connectivity index (χ4v) is 3.55. The van der Waals surface area contributed by atoms with Crippen LogP contribution in [0.2, 0.25) is 0 Å². The van der Waals surface area contributed by atoms with Gasteiger partial charge >= 0.3 is 0 Å². The van der Waals surface area contributed by atoms with Crippen molar-refractivity contribution in [3.05, 3.63) is 48.3 Å². The molecule has 0 aliphatic carbocycles. The predicted octanol–water partition coefficient (Wildman–Crippen LogP) is 1.91. The summed E-state index contributed by atoms with van der Waals surface area (Å²) < 4.78 is 12.8. The van der Waals surface area contributed by atoms with Crippen molar-refractivity contribution in [3.8, 4) is 5.75 Å². The zero-order valence-electron chi connectivity index (χ0n) is 18.1. The quantitative estimate of drug-likeness (QED) is 0.351. The van der Waals surface area contributed by atoms with E-state index in [0.717, 1.165) is 64.1 Å². The molecule has 30 heavy (non-hydrogen) atoms. The van der Waals surface area contributed by atoms with Gasteiger partial charge in [-0.1, -0.05) is 12.1 Å². The smallest absolute Gasteiger partial charge is 0.191 e. The summed E-state index contributed by atoms with van der Waals surface area (Å²) >= 11 is 0. The molecule has 1 aromatic heterocycles. The summed E-state index contributed by atoms with van der Waals surface area (Å²) in [6, 6.07) is 10.5. The summed E-state index contributed by atoms with van der Waals surface area (Å²) in [5.41, 5.74) is 1.25. The van der Waals surface area contributed by atoms with E-state index in [0.29, 0.717) is 6.54 Å². The first-order valence-electron chi connectivity index (χ1n) is 10.8. The molecule has 2 aromatic rings. The Morgan fingerprint density at radius 2 is 2.03 bits per heavy atom. The van der Waals surface area contributed by atoms with Crippen LogP contribution in [0, 0.1) is 0 Å². The topological polar surface area (TPSA) is 75.9 Å². The Morgan fingerprint density at radius 1 is 1.23 bits per heavy atom. The molecule has 2 heterocycles. The van der Waals surface area contributed by atoms with E-state index in [4.69, 9.17) is 14.5 Å². The van der Waals surface area contributed by atoms with E-state index in [1.54, 1.807) is 7.11 Å². The SMILES string of the molecule is CCNC(=NCC(c1ccc(OC)cc1)N1CCOCC1)NCCCn1cccn1. The van der Waals surface area contributed by atoms with Crippen LogP contribution in [0.15, 0.2) is 47.7 Å². The van der Waals surface area contributed by atoms with Gasteiger partial charge < -0.3 is 20.1 Å². The second-order valence-corrected chi connectivity index (χ2v) is 7.21. The van der Waals surface area contributed by atoms with Crippen molar-refractivity contribution >= 4 is 5.96 Å². The number of rotatable bonds is 10. The largest absolute Gasteiger partial charge is 0.497 e. The first kappa shape index (κ1) is 22.1. The number of aliphatic imine (C=N–C) groups is 1. The fraction of sp³-hybridized carbons (Fsp3) is 0.545. The third-order valence-corrected chi connectivity index (χ3v) is 5.17. The van der Waals surface area contributed by atoms with Gasteiger partial charge in [-0.2, -0.15) is 5.10 Å². The molecule has 1 unspecified atom stereocenters. The number of ether oxygens (including phenoxy) is 2. The molecule has 1 fully saturated rings. The lowest BCUT2D eigenvalue weighted by Crippen LogP contribution is -2.42. The van der Waals surface area contributed by atoms with Crippen molar-refractivity contribution in [2.75, 3.05) is 53.0 Å². The van der Waals surface area contributed by atoms with Crippen LogP contribution in [-0.4, -0.2) is 73.7 Å². The molecule has 0 amide bonds. The van der Waals surface area contributed by atoms with E-state index in [9.17, 15) is 0 Å². The summed E-state index contributed by atoms with van der Waals surface area (Å²) in [6.45, 7) is 8.70. The van der Waals surface area contributed by atoms with Crippen molar-refractivity contribution < 1.29 is 9.47 Å². The van der Waals surface area contributed by atoms with Gasteiger partial charge in [-0.05, 0) is 37.1 Å². The molecule has 2 N–H and O–H groups in total. The number of hydrogen-bond donors (Lipinski definition) is 2. The molecule has 1 saturated heterocycles. The van der Waals surface area contributed by atoms with Gasteiger partial charge in [0.25, 0.3) is 0 Å². The highest BCUT2D eigenvalue weighted by Gasteiger charge is 2.22. The Kier molecular flexibility index (Phi) is 8.99. The van der Waals surface area contributed by atoms with Crippen molar-refractivity contribution in [2.24, 2.45) is 4.99 Å². The number of nitrogens with zero attached hydrogens (tertiary/aromatic N) is 4. The highest BCUT2D eigenvalue weighted by Crippen LogP contribution is 2.24. The fourth-order valence-electron chi connectivity index (χ4n) is 3.55. The zero-order valence-corrected chi connectivity index (χ0v) is 18.1.